The van der Waals surface area contributed by atoms with Crippen molar-refractivity contribution in [3.05, 3.63) is 47.8 Å². The third-order valence-corrected chi connectivity index (χ3v) is 5.68. The molecular formula is C22H28N6O2. The van der Waals surface area contributed by atoms with E-state index in [4.69, 9.17) is 5.73 Å². The zero-order valence-corrected chi connectivity index (χ0v) is 17.4. The Balaban J connectivity index is 0.00000272. The molecule has 2 atom stereocenters. The number of hydrogen-bond donors (Lipinski definition) is 2. The number of amides is 2. The average molecular weight is 409 g/mol. The van der Waals surface area contributed by atoms with Gasteiger partial charge in [0.15, 0.2) is 0 Å². The molecule has 1 aliphatic heterocycles. The van der Waals surface area contributed by atoms with Crippen LogP contribution in [0.15, 0.2) is 36.7 Å². The van der Waals surface area contributed by atoms with Gasteiger partial charge in [0.2, 0.25) is 0 Å². The first-order valence-electron chi connectivity index (χ1n) is 10.1. The van der Waals surface area contributed by atoms with E-state index in [0.29, 0.717) is 24.0 Å². The summed E-state index contributed by atoms with van der Waals surface area (Å²) in [6.45, 7) is 4.45. The predicted octanol–water partition coefficient (Wildman–Crippen LogP) is 3.04. The van der Waals surface area contributed by atoms with Crippen LogP contribution >= 0.6 is 0 Å². The van der Waals surface area contributed by atoms with Crippen molar-refractivity contribution in [2.75, 3.05) is 17.6 Å². The Hall–Kier alpha value is -3.42. The topological polar surface area (TPSA) is 106 Å². The van der Waals surface area contributed by atoms with Gasteiger partial charge in [0.1, 0.15) is 5.82 Å². The molecule has 8 heteroatoms. The van der Waals surface area contributed by atoms with Crippen LogP contribution in [0, 0.1) is 12.8 Å². The van der Waals surface area contributed by atoms with E-state index in [-0.39, 0.29) is 7.47 Å². The summed E-state index contributed by atoms with van der Waals surface area (Å²) < 4.78 is 1.77. The van der Waals surface area contributed by atoms with Crippen LogP contribution in [-0.2, 0) is 16.6 Å². The van der Waals surface area contributed by atoms with Crippen molar-refractivity contribution >= 4 is 34.2 Å². The molecule has 1 aliphatic rings. The van der Waals surface area contributed by atoms with Gasteiger partial charge in [-0.25, -0.2) is 4.98 Å². The van der Waals surface area contributed by atoms with Gasteiger partial charge in [-0.1, -0.05) is 13.0 Å². The maximum Gasteiger partial charge on any atom is 0.313 e. The number of aromatic nitrogens is 3. The van der Waals surface area contributed by atoms with E-state index in [1.165, 1.54) is 6.20 Å². The maximum absolute atomic E-state index is 13.1. The molecular weight excluding hydrogens is 380 g/mol. The Morgan fingerprint density at radius 3 is 2.83 bits per heavy atom. The summed E-state index contributed by atoms with van der Waals surface area (Å²) in [4.78, 5) is 31.6. The third-order valence-electron chi connectivity index (χ3n) is 5.68. The van der Waals surface area contributed by atoms with Crippen molar-refractivity contribution < 1.29 is 11.0 Å². The van der Waals surface area contributed by atoms with Gasteiger partial charge in [-0.05, 0) is 55.0 Å². The number of fused-ring (bicyclic) bond motifs is 1. The number of nitrogens with two attached hydrogens (primary N) is 1. The molecule has 2 aromatic heterocycles. The molecule has 0 radical (unpaired) electrons. The molecule has 4 rings (SSSR count). The highest BCUT2D eigenvalue weighted by Gasteiger charge is 2.34. The van der Waals surface area contributed by atoms with E-state index < -0.39 is 11.8 Å². The minimum absolute atomic E-state index is 0. The van der Waals surface area contributed by atoms with Gasteiger partial charge in [-0.2, -0.15) is 5.10 Å². The highest BCUT2D eigenvalue weighted by atomic mass is 16.2. The molecule has 2 amide bonds. The highest BCUT2D eigenvalue weighted by molar-refractivity contribution is 6.39. The molecule has 0 saturated carbocycles. The SMILES string of the molecule is Cc1cc(NC(=O)C(=O)N2C[C@H](C)CC[C@H]2c2ccc3nn(C)cc3c2)cnc1N.[HH]. The van der Waals surface area contributed by atoms with E-state index in [1.54, 1.807) is 22.6 Å². The number of likely N-dealkylation sites (tertiary alicyclic amines) is 1. The minimum Gasteiger partial charge on any atom is -0.383 e. The van der Waals surface area contributed by atoms with Gasteiger partial charge in [-0.3, -0.25) is 14.3 Å². The normalized spacial score (nSPS) is 19.1. The Morgan fingerprint density at radius 2 is 2.07 bits per heavy atom. The van der Waals surface area contributed by atoms with Crippen LogP contribution < -0.4 is 11.1 Å². The molecule has 1 fully saturated rings. The van der Waals surface area contributed by atoms with Crippen molar-refractivity contribution in [3.63, 3.8) is 0 Å². The molecule has 0 spiro atoms. The zero-order valence-electron chi connectivity index (χ0n) is 17.4. The number of piperidine rings is 1. The number of carbonyl (C=O) groups is 2. The molecule has 3 aromatic rings. The van der Waals surface area contributed by atoms with E-state index in [9.17, 15) is 9.59 Å². The molecule has 0 aliphatic carbocycles. The Labute approximate surface area is 176 Å². The number of carbonyl (C=O) groups excluding carboxylic acids is 2. The number of hydrogen-bond acceptors (Lipinski definition) is 5. The Kier molecular flexibility index (Phi) is 5.15. The summed E-state index contributed by atoms with van der Waals surface area (Å²) in [5, 5.41) is 8.10. The number of nitrogens with zero attached hydrogens (tertiary/aromatic N) is 4. The lowest BCUT2D eigenvalue weighted by Gasteiger charge is -2.38. The first-order valence-corrected chi connectivity index (χ1v) is 10.1. The quantitative estimate of drug-likeness (QED) is 0.634. The maximum atomic E-state index is 13.1. The second-order valence-electron chi connectivity index (χ2n) is 8.16. The summed E-state index contributed by atoms with van der Waals surface area (Å²) >= 11 is 0. The first kappa shape index (κ1) is 19.9. The predicted molar refractivity (Wildman–Crippen MR) is 118 cm³/mol. The summed E-state index contributed by atoms with van der Waals surface area (Å²) in [6.07, 6.45) is 5.23. The number of anilines is 2. The van der Waals surface area contributed by atoms with Gasteiger partial charge < -0.3 is 16.0 Å². The van der Waals surface area contributed by atoms with Crippen molar-refractivity contribution in [3.8, 4) is 0 Å². The first-order chi connectivity index (χ1) is 14.3. The molecule has 3 heterocycles. The van der Waals surface area contributed by atoms with Crippen LogP contribution in [0.4, 0.5) is 11.5 Å². The number of rotatable bonds is 2. The van der Waals surface area contributed by atoms with E-state index >= 15 is 0 Å². The fourth-order valence-corrected chi connectivity index (χ4v) is 4.07. The second-order valence-corrected chi connectivity index (χ2v) is 8.16. The van der Waals surface area contributed by atoms with Crippen LogP contribution in [-0.4, -0.2) is 38.0 Å². The van der Waals surface area contributed by atoms with Gasteiger partial charge in [0.05, 0.1) is 23.4 Å². The number of nitrogens with one attached hydrogen (secondary N) is 1. The van der Waals surface area contributed by atoms with Gasteiger partial charge in [0.25, 0.3) is 0 Å². The van der Waals surface area contributed by atoms with E-state index in [1.807, 2.05) is 25.4 Å². The highest BCUT2D eigenvalue weighted by Crippen LogP contribution is 2.34. The summed E-state index contributed by atoms with van der Waals surface area (Å²) in [5.74, 6) is -0.467. The third kappa shape index (κ3) is 3.85. The van der Waals surface area contributed by atoms with Crippen molar-refractivity contribution in [1.29, 1.82) is 0 Å². The standard InChI is InChI=1S/C22H26N6O2.H2/c1-13-4-7-19(15-5-6-18-16(9-15)12-27(3)26-18)28(11-13)22(30)21(29)25-17-8-14(2)20(23)24-10-17;/h5-6,8-10,12-13,19H,4,7,11H2,1-3H3,(H2,23,24)(H,25,29);1H/t13-,19+;/m1./s1. The zero-order chi connectivity index (χ0) is 21.4. The van der Waals surface area contributed by atoms with Gasteiger partial charge in [-0.15, -0.1) is 0 Å². The van der Waals surface area contributed by atoms with Crippen molar-refractivity contribution in [1.82, 2.24) is 19.7 Å². The molecule has 1 saturated heterocycles. The smallest absolute Gasteiger partial charge is 0.313 e. The lowest BCUT2D eigenvalue weighted by atomic mass is 9.89. The molecule has 30 heavy (non-hydrogen) atoms. The largest absolute Gasteiger partial charge is 0.383 e. The fourth-order valence-electron chi connectivity index (χ4n) is 4.07. The van der Waals surface area contributed by atoms with Crippen molar-refractivity contribution in [2.24, 2.45) is 13.0 Å². The lowest BCUT2D eigenvalue weighted by Crippen LogP contribution is -2.46. The van der Waals surface area contributed by atoms with Crippen molar-refractivity contribution in [2.45, 2.75) is 32.7 Å². The molecule has 0 unspecified atom stereocenters. The minimum atomic E-state index is -0.664. The van der Waals surface area contributed by atoms with E-state index in [0.717, 1.165) is 34.9 Å². The molecule has 158 valence electrons. The number of aryl methyl sites for hydroxylation is 2. The monoisotopic (exact) mass is 408 g/mol. The van der Waals surface area contributed by atoms with Crippen LogP contribution in [0.25, 0.3) is 10.9 Å². The number of nitrogen functional groups attached to an aromatic ring is 1. The lowest BCUT2D eigenvalue weighted by molar-refractivity contribution is -0.146. The average Bonchev–Trinajstić information content (AvgIpc) is 3.09. The molecule has 1 aromatic carbocycles. The fraction of sp³-hybridized carbons (Fsp3) is 0.364. The Morgan fingerprint density at radius 1 is 1.27 bits per heavy atom. The van der Waals surface area contributed by atoms with Crippen LogP contribution in [0.5, 0.6) is 0 Å². The van der Waals surface area contributed by atoms with Gasteiger partial charge >= 0.3 is 11.8 Å². The molecule has 3 N–H and O–H groups in total. The van der Waals surface area contributed by atoms with E-state index in [2.05, 4.69) is 28.4 Å². The van der Waals surface area contributed by atoms with Crippen LogP contribution in [0.1, 0.15) is 38.4 Å². The van der Waals surface area contributed by atoms with Gasteiger partial charge in [0, 0.05) is 26.6 Å². The summed E-state index contributed by atoms with van der Waals surface area (Å²) in [5.41, 5.74) is 8.86. The second kappa shape index (κ2) is 7.78. The summed E-state index contributed by atoms with van der Waals surface area (Å²) in [6, 6.07) is 7.60. The van der Waals surface area contributed by atoms with Crippen LogP contribution in [0.3, 0.4) is 0 Å². The molecule has 0 bridgehead atoms. The van der Waals surface area contributed by atoms with Crippen LogP contribution in [0.2, 0.25) is 0 Å². The summed E-state index contributed by atoms with van der Waals surface area (Å²) in [7, 11) is 1.88. The number of benzene rings is 1. The Bertz CT molecular complexity index is 1130. The molecule has 8 nitrogen and oxygen atoms in total. The number of pyridine rings is 1.